The lowest BCUT2D eigenvalue weighted by molar-refractivity contribution is -0.276. The SMILES string of the molecule is OCc1c(I)ccnc1OC(F)(F)F. The third-order valence-corrected chi connectivity index (χ3v) is 2.34. The minimum atomic E-state index is -4.79. The zero-order chi connectivity index (χ0) is 10.8. The summed E-state index contributed by atoms with van der Waals surface area (Å²) in [6.07, 6.45) is -3.61. The summed E-state index contributed by atoms with van der Waals surface area (Å²) < 4.78 is 39.6. The van der Waals surface area contributed by atoms with E-state index < -0.39 is 18.8 Å². The van der Waals surface area contributed by atoms with Gasteiger partial charge in [-0.25, -0.2) is 4.98 Å². The Kier molecular flexibility index (Phi) is 3.53. The van der Waals surface area contributed by atoms with Gasteiger partial charge in [0.2, 0.25) is 5.88 Å². The van der Waals surface area contributed by atoms with E-state index in [1.807, 2.05) is 0 Å². The molecule has 0 unspecified atom stereocenters. The molecule has 0 atom stereocenters. The number of halogens is 4. The Balaban J connectivity index is 3.02. The second-order valence-corrected chi connectivity index (χ2v) is 3.44. The molecule has 0 bridgehead atoms. The van der Waals surface area contributed by atoms with E-state index in [1.54, 1.807) is 22.6 Å². The molecule has 0 aliphatic heterocycles. The first-order chi connectivity index (χ1) is 6.44. The standard InChI is InChI=1S/C7H5F3INO2/c8-7(9,10)14-6-4(3-13)5(11)1-2-12-6/h1-2,13H,3H2. The van der Waals surface area contributed by atoms with Crippen molar-refractivity contribution >= 4 is 22.6 Å². The van der Waals surface area contributed by atoms with Crippen LogP contribution in [0.3, 0.4) is 0 Å². The Morgan fingerprint density at radius 3 is 2.64 bits per heavy atom. The zero-order valence-electron chi connectivity index (χ0n) is 6.68. The fourth-order valence-electron chi connectivity index (χ4n) is 0.792. The molecule has 78 valence electrons. The van der Waals surface area contributed by atoms with Crippen molar-refractivity contribution in [1.29, 1.82) is 0 Å². The second-order valence-electron chi connectivity index (χ2n) is 2.28. The van der Waals surface area contributed by atoms with Crippen LogP contribution >= 0.6 is 22.6 Å². The number of nitrogens with zero attached hydrogens (tertiary/aromatic N) is 1. The molecule has 0 amide bonds. The maximum absolute atomic E-state index is 11.8. The maximum Gasteiger partial charge on any atom is 0.574 e. The Labute approximate surface area is 91.0 Å². The second kappa shape index (κ2) is 4.30. The summed E-state index contributed by atoms with van der Waals surface area (Å²) in [4.78, 5) is 3.39. The van der Waals surface area contributed by atoms with E-state index in [4.69, 9.17) is 5.11 Å². The van der Waals surface area contributed by atoms with E-state index >= 15 is 0 Å². The van der Waals surface area contributed by atoms with E-state index in [0.29, 0.717) is 3.57 Å². The number of aromatic nitrogens is 1. The van der Waals surface area contributed by atoms with Crippen molar-refractivity contribution < 1.29 is 23.0 Å². The molecule has 14 heavy (non-hydrogen) atoms. The number of ether oxygens (including phenoxy) is 1. The highest BCUT2D eigenvalue weighted by Crippen LogP contribution is 2.26. The van der Waals surface area contributed by atoms with Crippen LogP contribution in [0, 0.1) is 3.57 Å². The van der Waals surface area contributed by atoms with Gasteiger partial charge in [-0.2, -0.15) is 0 Å². The highest BCUT2D eigenvalue weighted by molar-refractivity contribution is 14.1. The van der Waals surface area contributed by atoms with E-state index in [-0.39, 0.29) is 5.56 Å². The lowest BCUT2D eigenvalue weighted by Gasteiger charge is -2.11. The smallest absolute Gasteiger partial charge is 0.391 e. The third-order valence-electron chi connectivity index (χ3n) is 1.33. The molecular weight excluding hydrogens is 314 g/mol. The molecule has 0 saturated heterocycles. The van der Waals surface area contributed by atoms with Gasteiger partial charge in [0, 0.05) is 9.77 Å². The minimum absolute atomic E-state index is 0.0328. The van der Waals surface area contributed by atoms with Crippen LogP contribution in [0.25, 0.3) is 0 Å². The van der Waals surface area contributed by atoms with Gasteiger partial charge < -0.3 is 9.84 Å². The van der Waals surface area contributed by atoms with E-state index in [0.717, 1.165) is 0 Å². The van der Waals surface area contributed by atoms with Gasteiger partial charge in [-0.15, -0.1) is 13.2 Å². The summed E-state index contributed by atoms with van der Waals surface area (Å²) in [6, 6.07) is 1.48. The zero-order valence-corrected chi connectivity index (χ0v) is 8.83. The highest BCUT2D eigenvalue weighted by atomic mass is 127. The number of alkyl halides is 3. The molecule has 1 aromatic heterocycles. The van der Waals surface area contributed by atoms with Crippen LogP contribution in [0.1, 0.15) is 5.56 Å². The number of rotatable bonds is 2. The molecule has 0 aromatic carbocycles. The fraction of sp³-hybridized carbons (Fsp3) is 0.286. The predicted molar refractivity (Wildman–Crippen MR) is 49.6 cm³/mol. The molecule has 1 heterocycles. The molecule has 7 heteroatoms. The van der Waals surface area contributed by atoms with Gasteiger partial charge in [-0.05, 0) is 28.7 Å². The summed E-state index contributed by atoms with van der Waals surface area (Å²) in [5.41, 5.74) is 0.0328. The lowest BCUT2D eigenvalue weighted by atomic mass is 10.3. The molecule has 1 aromatic rings. The molecule has 0 spiro atoms. The largest absolute Gasteiger partial charge is 0.574 e. The van der Waals surface area contributed by atoms with Crippen LogP contribution in [0.15, 0.2) is 12.3 Å². The number of aliphatic hydroxyl groups excluding tert-OH is 1. The Morgan fingerprint density at radius 2 is 2.14 bits per heavy atom. The summed E-state index contributed by atoms with van der Waals surface area (Å²) in [6.45, 7) is -0.544. The van der Waals surface area contributed by atoms with Gasteiger partial charge in [0.05, 0.1) is 12.2 Å². The highest BCUT2D eigenvalue weighted by Gasteiger charge is 2.33. The van der Waals surface area contributed by atoms with Crippen LogP contribution < -0.4 is 4.74 Å². The van der Waals surface area contributed by atoms with Crippen LogP contribution in [0.4, 0.5) is 13.2 Å². The van der Waals surface area contributed by atoms with Gasteiger partial charge in [0.1, 0.15) is 0 Å². The normalized spacial score (nSPS) is 11.5. The van der Waals surface area contributed by atoms with Gasteiger partial charge in [0.25, 0.3) is 0 Å². The quantitative estimate of drug-likeness (QED) is 0.849. The van der Waals surface area contributed by atoms with Crippen LogP contribution in [-0.4, -0.2) is 16.5 Å². The first-order valence-electron chi connectivity index (χ1n) is 3.44. The molecule has 0 saturated carbocycles. The molecule has 1 rings (SSSR count). The number of aliphatic hydroxyl groups is 1. The topological polar surface area (TPSA) is 42.4 Å². The van der Waals surface area contributed by atoms with Gasteiger partial charge >= 0.3 is 6.36 Å². The minimum Gasteiger partial charge on any atom is -0.391 e. The first kappa shape index (κ1) is 11.5. The van der Waals surface area contributed by atoms with E-state index in [1.165, 1.54) is 12.3 Å². The van der Waals surface area contributed by atoms with Crippen LogP contribution in [0.5, 0.6) is 5.88 Å². The summed E-state index contributed by atoms with van der Waals surface area (Å²) in [7, 11) is 0. The van der Waals surface area contributed by atoms with Gasteiger partial charge in [-0.3, -0.25) is 0 Å². The van der Waals surface area contributed by atoms with Gasteiger partial charge in [-0.1, -0.05) is 0 Å². The summed E-state index contributed by atoms with van der Waals surface area (Å²) in [5, 5.41) is 8.80. The van der Waals surface area contributed by atoms with Gasteiger partial charge in [0.15, 0.2) is 0 Å². The molecule has 1 N–H and O–H groups in total. The molecule has 3 nitrogen and oxygen atoms in total. The fourth-order valence-corrected chi connectivity index (χ4v) is 1.35. The number of hydrogen-bond acceptors (Lipinski definition) is 3. The Bertz CT molecular complexity index is 329. The molecule has 0 fully saturated rings. The molecule has 0 aliphatic carbocycles. The predicted octanol–water partition coefficient (Wildman–Crippen LogP) is 2.08. The van der Waals surface area contributed by atoms with Crippen molar-refractivity contribution in [3.05, 3.63) is 21.4 Å². The van der Waals surface area contributed by atoms with Crippen molar-refractivity contribution in [2.75, 3.05) is 0 Å². The number of pyridine rings is 1. The monoisotopic (exact) mass is 319 g/mol. The molecule has 0 aliphatic rings. The Hall–Kier alpha value is -0.570. The molecule has 0 radical (unpaired) electrons. The average molecular weight is 319 g/mol. The number of hydrogen-bond donors (Lipinski definition) is 1. The lowest BCUT2D eigenvalue weighted by Crippen LogP contribution is -2.19. The van der Waals surface area contributed by atoms with Crippen molar-refractivity contribution in [2.24, 2.45) is 0 Å². The van der Waals surface area contributed by atoms with Crippen molar-refractivity contribution in [2.45, 2.75) is 13.0 Å². The van der Waals surface area contributed by atoms with Crippen molar-refractivity contribution in [1.82, 2.24) is 4.98 Å². The van der Waals surface area contributed by atoms with Crippen LogP contribution in [-0.2, 0) is 6.61 Å². The Morgan fingerprint density at radius 1 is 1.50 bits per heavy atom. The average Bonchev–Trinajstić information content (AvgIpc) is 2.01. The van der Waals surface area contributed by atoms with Crippen molar-refractivity contribution in [3.8, 4) is 5.88 Å². The third kappa shape index (κ3) is 2.98. The van der Waals surface area contributed by atoms with Crippen molar-refractivity contribution in [3.63, 3.8) is 0 Å². The van der Waals surface area contributed by atoms with Crippen LogP contribution in [0.2, 0.25) is 0 Å². The first-order valence-corrected chi connectivity index (χ1v) is 4.52. The molecular formula is C7H5F3INO2. The summed E-state index contributed by atoms with van der Waals surface area (Å²) >= 11 is 1.79. The van der Waals surface area contributed by atoms with E-state index in [9.17, 15) is 13.2 Å². The summed E-state index contributed by atoms with van der Waals surface area (Å²) in [5.74, 6) is -0.605. The maximum atomic E-state index is 11.8. The van der Waals surface area contributed by atoms with E-state index in [2.05, 4.69) is 9.72 Å².